The first-order chi connectivity index (χ1) is 10.6. The number of benzene rings is 1. The van der Waals surface area contributed by atoms with Crippen LogP contribution in [0.15, 0.2) is 29.4 Å². The molecule has 0 aliphatic carbocycles. The molecule has 114 valence electrons. The molecule has 1 heterocycles. The molecular formula is C15H17N5OS. The number of nitrogens with one attached hydrogen (secondary N) is 1. The average molecular weight is 315 g/mol. The van der Waals surface area contributed by atoms with E-state index in [1.165, 1.54) is 17.3 Å². The van der Waals surface area contributed by atoms with Gasteiger partial charge in [-0.05, 0) is 34.0 Å². The van der Waals surface area contributed by atoms with Crippen molar-refractivity contribution in [3.8, 4) is 18.0 Å². The summed E-state index contributed by atoms with van der Waals surface area (Å²) < 4.78 is 1.61. The number of amides is 1. The van der Waals surface area contributed by atoms with Gasteiger partial charge >= 0.3 is 0 Å². The molecular weight excluding hydrogens is 298 g/mol. The molecule has 1 amide bonds. The van der Waals surface area contributed by atoms with Crippen molar-refractivity contribution >= 4 is 17.7 Å². The lowest BCUT2D eigenvalue weighted by molar-refractivity contribution is -0.118. The highest BCUT2D eigenvalue weighted by molar-refractivity contribution is 7.99. The maximum Gasteiger partial charge on any atom is 0.231 e. The van der Waals surface area contributed by atoms with E-state index in [2.05, 4.69) is 52.7 Å². The molecule has 1 N–H and O–H groups in total. The third kappa shape index (κ3) is 4.09. The van der Waals surface area contributed by atoms with Crippen molar-refractivity contribution in [2.24, 2.45) is 0 Å². The van der Waals surface area contributed by atoms with Gasteiger partial charge in [0.05, 0.1) is 18.0 Å². The second-order valence-corrected chi connectivity index (χ2v) is 5.83. The highest BCUT2D eigenvalue weighted by atomic mass is 32.2. The van der Waals surface area contributed by atoms with E-state index in [9.17, 15) is 4.79 Å². The first-order valence-corrected chi connectivity index (χ1v) is 7.82. The van der Waals surface area contributed by atoms with Gasteiger partial charge in [0.2, 0.25) is 11.1 Å². The van der Waals surface area contributed by atoms with Crippen LogP contribution in [-0.4, -0.2) is 38.4 Å². The Hall–Kier alpha value is -2.33. The molecule has 0 bridgehead atoms. The van der Waals surface area contributed by atoms with Crippen LogP contribution in [0.25, 0.3) is 5.69 Å². The molecule has 22 heavy (non-hydrogen) atoms. The van der Waals surface area contributed by atoms with E-state index in [4.69, 9.17) is 6.42 Å². The van der Waals surface area contributed by atoms with Gasteiger partial charge < -0.3 is 5.32 Å². The van der Waals surface area contributed by atoms with Crippen molar-refractivity contribution in [1.82, 2.24) is 25.5 Å². The molecule has 0 atom stereocenters. The molecule has 2 rings (SSSR count). The summed E-state index contributed by atoms with van der Waals surface area (Å²) in [6.45, 7) is 4.51. The molecule has 1 aromatic carbocycles. The van der Waals surface area contributed by atoms with Gasteiger partial charge in [0, 0.05) is 0 Å². The van der Waals surface area contributed by atoms with Gasteiger partial charge in [-0.2, -0.15) is 4.68 Å². The molecule has 0 aliphatic heterocycles. The lowest BCUT2D eigenvalue weighted by Crippen LogP contribution is -2.25. The summed E-state index contributed by atoms with van der Waals surface area (Å²) in [6, 6.07) is 8.04. The second-order valence-electron chi connectivity index (χ2n) is 4.89. The summed E-state index contributed by atoms with van der Waals surface area (Å²) in [7, 11) is 0. The molecule has 0 spiro atoms. The topological polar surface area (TPSA) is 72.7 Å². The van der Waals surface area contributed by atoms with Crippen molar-refractivity contribution in [2.75, 3.05) is 12.3 Å². The Kier molecular flexibility index (Phi) is 5.55. The third-order valence-electron chi connectivity index (χ3n) is 2.97. The van der Waals surface area contributed by atoms with E-state index in [0.29, 0.717) is 11.1 Å². The molecule has 0 unspecified atom stereocenters. The Morgan fingerprint density at radius 1 is 1.41 bits per heavy atom. The van der Waals surface area contributed by atoms with Crippen LogP contribution < -0.4 is 5.32 Å². The number of rotatable bonds is 6. The van der Waals surface area contributed by atoms with Crippen LogP contribution in [0.3, 0.4) is 0 Å². The monoisotopic (exact) mass is 315 g/mol. The Bertz CT molecular complexity index is 672. The van der Waals surface area contributed by atoms with Crippen molar-refractivity contribution in [1.29, 1.82) is 0 Å². The number of hydrogen-bond donors (Lipinski definition) is 1. The summed E-state index contributed by atoms with van der Waals surface area (Å²) in [6.07, 6.45) is 5.09. The van der Waals surface area contributed by atoms with Gasteiger partial charge in [-0.3, -0.25) is 4.79 Å². The van der Waals surface area contributed by atoms with Gasteiger partial charge in [0.15, 0.2) is 0 Å². The SMILES string of the molecule is C#CCNC(=O)CSc1nnnn1-c1ccc(C(C)C)cc1. The van der Waals surface area contributed by atoms with Crippen LogP contribution in [0.1, 0.15) is 25.3 Å². The smallest absolute Gasteiger partial charge is 0.231 e. The number of carbonyl (C=O) groups is 1. The first-order valence-electron chi connectivity index (χ1n) is 6.83. The number of thioether (sulfide) groups is 1. The van der Waals surface area contributed by atoms with Crippen molar-refractivity contribution in [2.45, 2.75) is 24.9 Å². The lowest BCUT2D eigenvalue weighted by atomic mass is 10.0. The largest absolute Gasteiger partial charge is 0.344 e. The van der Waals surface area contributed by atoms with E-state index >= 15 is 0 Å². The quantitative estimate of drug-likeness (QED) is 0.648. The molecule has 7 heteroatoms. The zero-order chi connectivity index (χ0) is 15.9. The highest BCUT2D eigenvalue weighted by Gasteiger charge is 2.11. The van der Waals surface area contributed by atoms with Crippen LogP contribution >= 0.6 is 11.8 Å². The van der Waals surface area contributed by atoms with E-state index < -0.39 is 0 Å². The van der Waals surface area contributed by atoms with E-state index in [1.54, 1.807) is 4.68 Å². The van der Waals surface area contributed by atoms with Crippen molar-refractivity contribution in [3.63, 3.8) is 0 Å². The number of aromatic nitrogens is 4. The maximum atomic E-state index is 11.6. The van der Waals surface area contributed by atoms with Gasteiger partial charge in [0.25, 0.3) is 0 Å². The van der Waals surface area contributed by atoms with Crippen LogP contribution in [0.5, 0.6) is 0 Å². The van der Waals surface area contributed by atoms with Gasteiger partial charge in [0.1, 0.15) is 0 Å². The number of hydrogen-bond acceptors (Lipinski definition) is 5. The Morgan fingerprint density at radius 2 is 2.14 bits per heavy atom. The third-order valence-corrected chi connectivity index (χ3v) is 3.88. The highest BCUT2D eigenvalue weighted by Crippen LogP contribution is 2.20. The number of tetrazole rings is 1. The Balaban J connectivity index is 2.06. The zero-order valence-corrected chi connectivity index (χ0v) is 13.3. The Morgan fingerprint density at radius 3 is 2.77 bits per heavy atom. The van der Waals surface area contributed by atoms with Crippen LogP contribution in [0.2, 0.25) is 0 Å². The van der Waals surface area contributed by atoms with Crippen LogP contribution in [0.4, 0.5) is 0 Å². The first kappa shape index (κ1) is 16.0. The van der Waals surface area contributed by atoms with Crippen molar-refractivity contribution in [3.05, 3.63) is 29.8 Å². The fourth-order valence-electron chi connectivity index (χ4n) is 1.76. The molecule has 0 aliphatic rings. The average Bonchev–Trinajstić information content (AvgIpc) is 2.99. The predicted octanol–water partition coefficient (Wildman–Crippen LogP) is 1.63. The number of terminal acetylenes is 1. The summed E-state index contributed by atoms with van der Waals surface area (Å²) >= 11 is 1.26. The summed E-state index contributed by atoms with van der Waals surface area (Å²) in [5, 5.41) is 14.8. The van der Waals surface area contributed by atoms with Gasteiger partial charge in [-0.15, -0.1) is 11.5 Å². The summed E-state index contributed by atoms with van der Waals surface area (Å²) in [4.78, 5) is 11.6. The minimum Gasteiger partial charge on any atom is -0.344 e. The molecule has 0 saturated carbocycles. The molecule has 0 fully saturated rings. The summed E-state index contributed by atoms with van der Waals surface area (Å²) in [5.41, 5.74) is 2.11. The molecule has 1 aromatic heterocycles. The minimum atomic E-state index is -0.146. The molecule has 0 radical (unpaired) electrons. The minimum absolute atomic E-state index is 0.146. The number of carbonyl (C=O) groups excluding carboxylic acids is 1. The number of nitrogens with zero attached hydrogens (tertiary/aromatic N) is 4. The fraction of sp³-hybridized carbons (Fsp3) is 0.333. The van der Waals surface area contributed by atoms with E-state index in [1.807, 2.05) is 12.1 Å². The van der Waals surface area contributed by atoms with Gasteiger partial charge in [-0.1, -0.05) is 43.7 Å². The van der Waals surface area contributed by atoms with Gasteiger partial charge in [-0.25, -0.2) is 0 Å². The van der Waals surface area contributed by atoms with Crippen LogP contribution in [0, 0.1) is 12.3 Å². The molecule has 2 aromatic rings. The van der Waals surface area contributed by atoms with Crippen LogP contribution in [-0.2, 0) is 4.79 Å². The van der Waals surface area contributed by atoms with E-state index in [-0.39, 0.29) is 18.2 Å². The van der Waals surface area contributed by atoms with Crippen molar-refractivity contribution < 1.29 is 4.79 Å². The lowest BCUT2D eigenvalue weighted by Gasteiger charge is -2.07. The Labute approximate surface area is 133 Å². The zero-order valence-electron chi connectivity index (χ0n) is 12.5. The molecule has 6 nitrogen and oxygen atoms in total. The maximum absolute atomic E-state index is 11.6. The second kappa shape index (κ2) is 7.61. The molecule has 0 saturated heterocycles. The normalized spacial score (nSPS) is 10.5. The fourth-order valence-corrected chi connectivity index (χ4v) is 2.48. The summed E-state index contributed by atoms with van der Waals surface area (Å²) in [5.74, 6) is 2.89. The van der Waals surface area contributed by atoms with E-state index in [0.717, 1.165) is 5.69 Å². The predicted molar refractivity (Wildman–Crippen MR) is 85.8 cm³/mol. The standard InChI is InChI=1S/C15H17N5OS/c1-4-9-16-14(21)10-22-15-17-18-19-20(15)13-7-5-12(6-8-13)11(2)3/h1,5-8,11H,9-10H2,2-3H3,(H,16,21).